The molecule has 98 valence electrons. The van der Waals surface area contributed by atoms with Gasteiger partial charge >= 0.3 is 5.97 Å². The lowest BCUT2D eigenvalue weighted by molar-refractivity contribution is -0.147. The van der Waals surface area contributed by atoms with Crippen molar-refractivity contribution in [3.8, 4) is 0 Å². The minimum Gasteiger partial charge on any atom is -0.461 e. The summed E-state index contributed by atoms with van der Waals surface area (Å²) < 4.78 is 10.5. The molecule has 1 aromatic heterocycles. The van der Waals surface area contributed by atoms with Crippen LogP contribution in [0.1, 0.15) is 43.3 Å². The lowest BCUT2D eigenvalue weighted by Gasteiger charge is -2.09. The third kappa shape index (κ3) is 3.04. The van der Waals surface area contributed by atoms with Gasteiger partial charge < -0.3 is 9.26 Å². The minimum atomic E-state index is -0.159. The molecule has 3 rings (SSSR count). The number of esters is 1. The standard InChI is InChI=1S/C12H16N2O3S/c15-11(16-9-5-6-18-7-9)4-3-10-13-12(14-17-10)8-1-2-8/h8-9H,1-7H2/t9-/m0/s1. The molecule has 2 fully saturated rings. The van der Waals surface area contributed by atoms with Gasteiger partial charge in [0.15, 0.2) is 5.82 Å². The summed E-state index contributed by atoms with van der Waals surface area (Å²) in [5.74, 6) is 3.70. The highest BCUT2D eigenvalue weighted by molar-refractivity contribution is 7.99. The van der Waals surface area contributed by atoms with Gasteiger partial charge in [0.2, 0.25) is 5.89 Å². The molecular weight excluding hydrogens is 252 g/mol. The van der Waals surface area contributed by atoms with Gasteiger partial charge in [-0.3, -0.25) is 4.79 Å². The van der Waals surface area contributed by atoms with E-state index in [0.717, 1.165) is 36.6 Å². The molecule has 2 aliphatic rings. The van der Waals surface area contributed by atoms with Gasteiger partial charge in [-0.15, -0.1) is 0 Å². The molecule has 0 amide bonds. The van der Waals surface area contributed by atoms with E-state index in [9.17, 15) is 4.79 Å². The number of hydrogen-bond acceptors (Lipinski definition) is 6. The van der Waals surface area contributed by atoms with Crippen LogP contribution < -0.4 is 0 Å². The van der Waals surface area contributed by atoms with Crippen LogP contribution in [0.3, 0.4) is 0 Å². The molecule has 18 heavy (non-hydrogen) atoms. The molecule has 1 aliphatic heterocycles. The van der Waals surface area contributed by atoms with Crippen molar-refractivity contribution in [1.82, 2.24) is 10.1 Å². The lowest BCUT2D eigenvalue weighted by Crippen LogP contribution is -2.17. The van der Waals surface area contributed by atoms with Gasteiger partial charge in [-0.1, -0.05) is 5.16 Å². The number of carbonyl (C=O) groups excluding carboxylic acids is 1. The van der Waals surface area contributed by atoms with Crippen LogP contribution in [-0.4, -0.2) is 33.7 Å². The molecule has 1 saturated carbocycles. The van der Waals surface area contributed by atoms with Crippen LogP contribution in [0, 0.1) is 0 Å². The average molecular weight is 268 g/mol. The minimum absolute atomic E-state index is 0.104. The van der Waals surface area contributed by atoms with Crippen molar-refractivity contribution in [3.05, 3.63) is 11.7 Å². The van der Waals surface area contributed by atoms with Gasteiger partial charge in [-0.25, -0.2) is 0 Å². The second-order valence-corrected chi connectivity index (χ2v) is 5.95. The number of aromatic nitrogens is 2. The Bertz CT molecular complexity index is 425. The Morgan fingerprint density at radius 2 is 2.33 bits per heavy atom. The van der Waals surface area contributed by atoms with E-state index in [0.29, 0.717) is 24.7 Å². The van der Waals surface area contributed by atoms with Crippen molar-refractivity contribution in [2.75, 3.05) is 11.5 Å². The Kier molecular flexibility index (Phi) is 3.54. The number of carbonyl (C=O) groups is 1. The van der Waals surface area contributed by atoms with E-state index in [4.69, 9.17) is 9.26 Å². The van der Waals surface area contributed by atoms with E-state index in [1.54, 1.807) is 0 Å². The Hall–Kier alpha value is -1.04. The molecule has 1 atom stereocenters. The SMILES string of the molecule is O=C(CCc1nc(C2CC2)no1)O[C@H]1CCSC1. The van der Waals surface area contributed by atoms with Crippen molar-refractivity contribution < 1.29 is 14.1 Å². The van der Waals surface area contributed by atoms with Gasteiger partial charge in [0, 0.05) is 18.1 Å². The van der Waals surface area contributed by atoms with Gasteiger partial charge in [-0.2, -0.15) is 16.7 Å². The quantitative estimate of drug-likeness (QED) is 0.760. The van der Waals surface area contributed by atoms with Crippen molar-refractivity contribution in [2.45, 2.75) is 44.1 Å². The zero-order chi connectivity index (χ0) is 12.4. The van der Waals surface area contributed by atoms with Crippen LogP contribution in [-0.2, 0) is 16.0 Å². The Labute approximate surface area is 110 Å². The zero-order valence-electron chi connectivity index (χ0n) is 10.1. The topological polar surface area (TPSA) is 65.2 Å². The molecule has 0 aromatic carbocycles. The monoisotopic (exact) mass is 268 g/mol. The lowest BCUT2D eigenvalue weighted by atomic mass is 10.3. The first-order valence-corrected chi connectivity index (χ1v) is 7.56. The van der Waals surface area contributed by atoms with Crippen LogP contribution in [0.25, 0.3) is 0 Å². The molecular formula is C12H16N2O3S. The van der Waals surface area contributed by atoms with E-state index >= 15 is 0 Å². The molecule has 0 radical (unpaired) electrons. The Balaban J connectivity index is 1.43. The van der Waals surface area contributed by atoms with Crippen LogP contribution in [0.2, 0.25) is 0 Å². The summed E-state index contributed by atoms with van der Waals surface area (Å²) >= 11 is 1.83. The van der Waals surface area contributed by atoms with E-state index in [1.807, 2.05) is 11.8 Å². The maximum absolute atomic E-state index is 11.6. The van der Waals surface area contributed by atoms with Gasteiger partial charge in [0.05, 0.1) is 6.42 Å². The highest BCUT2D eigenvalue weighted by Crippen LogP contribution is 2.38. The van der Waals surface area contributed by atoms with Crippen molar-refractivity contribution in [1.29, 1.82) is 0 Å². The van der Waals surface area contributed by atoms with E-state index in [-0.39, 0.29) is 12.1 Å². The third-order valence-electron chi connectivity index (χ3n) is 3.16. The van der Waals surface area contributed by atoms with Crippen LogP contribution in [0.4, 0.5) is 0 Å². The molecule has 0 unspecified atom stereocenters. The van der Waals surface area contributed by atoms with Crippen LogP contribution in [0.15, 0.2) is 4.52 Å². The Morgan fingerprint density at radius 1 is 1.44 bits per heavy atom. The average Bonchev–Trinajstić information content (AvgIpc) is 2.90. The van der Waals surface area contributed by atoms with E-state index in [2.05, 4.69) is 10.1 Å². The largest absolute Gasteiger partial charge is 0.461 e. The van der Waals surface area contributed by atoms with Crippen molar-refractivity contribution in [3.63, 3.8) is 0 Å². The number of ether oxygens (including phenoxy) is 1. The first-order valence-electron chi connectivity index (χ1n) is 6.41. The molecule has 0 spiro atoms. The summed E-state index contributed by atoms with van der Waals surface area (Å²) in [6, 6.07) is 0. The highest BCUT2D eigenvalue weighted by atomic mass is 32.2. The van der Waals surface area contributed by atoms with Gasteiger partial charge in [-0.05, 0) is 25.0 Å². The van der Waals surface area contributed by atoms with Gasteiger partial charge in [0.1, 0.15) is 6.10 Å². The first-order chi connectivity index (χ1) is 8.81. The molecule has 0 N–H and O–H groups in total. The zero-order valence-corrected chi connectivity index (χ0v) is 10.9. The van der Waals surface area contributed by atoms with Crippen molar-refractivity contribution >= 4 is 17.7 Å². The molecule has 1 aromatic rings. The Morgan fingerprint density at radius 3 is 3.06 bits per heavy atom. The fourth-order valence-corrected chi connectivity index (χ4v) is 3.03. The molecule has 2 heterocycles. The van der Waals surface area contributed by atoms with Crippen LogP contribution in [0.5, 0.6) is 0 Å². The maximum Gasteiger partial charge on any atom is 0.306 e. The summed E-state index contributed by atoms with van der Waals surface area (Å²) in [6.07, 6.45) is 4.20. The van der Waals surface area contributed by atoms with E-state index in [1.165, 1.54) is 0 Å². The third-order valence-corrected chi connectivity index (χ3v) is 4.29. The summed E-state index contributed by atoms with van der Waals surface area (Å²) in [7, 11) is 0. The van der Waals surface area contributed by atoms with Crippen molar-refractivity contribution in [2.24, 2.45) is 0 Å². The van der Waals surface area contributed by atoms with Crippen LogP contribution >= 0.6 is 11.8 Å². The van der Waals surface area contributed by atoms with Gasteiger partial charge in [0.25, 0.3) is 0 Å². The fourth-order valence-electron chi connectivity index (χ4n) is 1.94. The molecule has 0 bridgehead atoms. The first kappa shape index (κ1) is 12.0. The smallest absolute Gasteiger partial charge is 0.306 e. The predicted molar refractivity (Wildman–Crippen MR) is 66.4 cm³/mol. The number of thioether (sulfide) groups is 1. The highest BCUT2D eigenvalue weighted by Gasteiger charge is 2.28. The maximum atomic E-state index is 11.6. The molecule has 5 nitrogen and oxygen atoms in total. The number of aryl methyl sites for hydroxylation is 1. The number of nitrogens with zero attached hydrogens (tertiary/aromatic N) is 2. The fraction of sp³-hybridized carbons (Fsp3) is 0.750. The normalized spacial score (nSPS) is 23.2. The predicted octanol–water partition coefficient (Wildman–Crippen LogP) is 1.93. The summed E-state index contributed by atoms with van der Waals surface area (Å²) in [5, 5.41) is 3.92. The summed E-state index contributed by atoms with van der Waals surface area (Å²) in [4.78, 5) is 15.9. The number of hydrogen-bond donors (Lipinski definition) is 0. The molecule has 1 saturated heterocycles. The summed E-state index contributed by atoms with van der Waals surface area (Å²) in [6.45, 7) is 0. The summed E-state index contributed by atoms with van der Waals surface area (Å²) in [5.41, 5.74) is 0. The molecule has 1 aliphatic carbocycles. The second kappa shape index (κ2) is 5.30. The van der Waals surface area contributed by atoms with E-state index < -0.39 is 0 Å². The second-order valence-electron chi connectivity index (χ2n) is 4.80. The molecule has 6 heteroatoms. The number of rotatable bonds is 5.